The summed E-state index contributed by atoms with van der Waals surface area (Å²) in [4.78, 5) is 4.37. The minimum Gasteiger partial charge on any atom is -0.339 e. The second kappa shape index (κ2) is 5.83. The van der Waals surface area contributed by atoms with E-state index in [1.54, 1.807) is 0 Å². The minimum absolute atomic E-state index is 0.0484. The van der Waals surface area contributed by atoms with Crippen molar-refractivity contribution < 1.29 is 13.3 Å². The lowest BCUT2D eigenvalue weighted by molar-refractivity contribution is -0.0402. The summed E-state index contributed by atoms with van der Waals surface area (Å²) in [5.41, 5.74) is 2.04. The van der Waals surface area contributed by atoms with Crippen LogP contribution in [-0.2, 0) is 5.33 Å². The van der Waals surface area contributed by atoms with Crippen LogP contribution in [0, 0.1) is 0 Å². The summed E-state index contributed by atoms with van der Waals surface area (Å²) in [5, 5.41) is 4.76. The molecule has 1 aliphatic carbocycles. The predicted octanol–water partition coefficient (Wildman–Crippen LogP) is 4.92. The Morgan fingerprint density at radius 1 is 1.19 bits per heavy atom. The van der Waals surface area contributed by atoms with Crippen molar-refractivity contribution >= 4 is 15.9 Å². The van der Waals surface area contributed by atoms with Gasteiger partial charge >= 0.3 is 0 Å². The van der Waals surface area contributed by atoms with Gasteiger partial charge in [0.1, 0.15) is 0 Å². The van der Waals surface area contributed by atoms with Gasteiger partial charge in [-0.3, -0.25) is 0 Å². The average Bonchev–Trinajstić information content (AvgIpc) is 2.97. The van der Waals surface area contributed by atoms with Gasteiger partial charge in [0, 0.05) is 29.7 Å². The molecule has 0 atom stereocenters. The fourth-order valence-corrected chi connectivity index (χ4v) is 2.92. The highest BCUT2D eigenvalue weighted by atomic mass is 79.9. The molecule has 3 nitrogen and oxygen atoms in total. The topological polar surface area (TPSA) is 38.9 Å². The maximum absolute atomic E-state index is 13.2. The van der Waals surface area contributed by atoms with E-state index in [1.807, 2.05) is 24.3 Å². The molecule has 0 aliphatic heterocycles. The lowest BCUT2D eigenvalue weighted by Crippen LogP contribution is -2.23. The van der Waals surface area contributed by atoms with Crippen LogP contribution in [0.4, 0.5) is 8.78 Å². The van der Waals surface area contributed by atoms with E-state index in [2.05, 4.69) is 26.1 Å². The third kappa shape index (κ3) is 3.31. The molecular formula is C15H15BrF2N2O. The Kier molecular flexibility index (Phi) is 4.06. The van der Waals surface area contributed by atoms with Gasteiger partial charge in [-0.1, -0.05) is 45.4 Å². The van der Waals surface area contributed by atoms with Crippen LogP contribution in [0.5, 0.6) is 0 Å². The predicted molar refractivity (Wildman–Crippen MR) is 78.5 cm³/mol. The average molecular weight is 357 g/mol. The van der Waals surface area contributed by atoms with Crippen LogP contribution < -0.4 is 0 Å². The highest BCUT2D eigenvalue weighted by Gasteiger charge is 2.37. The fraction of sp³-hybridized carbons (Fsp3) is 0.467. The molecule has 1 fully saturated rings. The number of hydrogen-bond donors (Lipinski definition) is 0. The van der Waals surface area contributed by atoms with Gasteiger partial charge in [0.25, 0.3) is 0 Å². The molecule has 1 heterocycles. The van der Waals surface area contributed by atoms with Crippen LogP contribution in [-0.4, -0.2) is 16.1 Å². The maximum Gasteiger partial charge on any atom is 0.248 e. The first kappa shape index (κ1) is 14.6. The van der Waals surface area contributed by atoms with Crippen LogP contribution in [0.1, 0.15) is 43.1 Å². The van der Waals surface area contributed by atoms with Crippen LogP contribution in [0.25, 0.3) is 11.4 Å². The van der Waals surface area contributed by atoms with Crippen LogP contribution in [0.15, 0.2) is 28.8 Å². The first-order chi connectivity index (χ1) is 10.1. The van der Waals surface area contributed by atoms with E-state index in [-0.39, 0.29) is 18.8 Å². The Morgan fingerprint density at radius 3 is 2.48 bits per heavy atom. The Balaban J connectivity index is 1.74. The molecule has 6 heteroatoms. The van der Waals surface area contributed by atoms with Crippen molar-refractivity contribution in [1.29, 1.82) is 0 Å². The number of rotatable bonds is 3. The standard InChI is InChI=1S/C15H15BrF2N2O/c16-9-10-1-3-11(4-2-10)13-19-14(21-20-13)12-5-7-15(17,18)8-6-12/h1-4,12H,5-9H2. The van der Waals surface area contributed by atoms with E-state index in [0.29, 0.717) is 24.6 Å². The van der Waals surface area contributed by atoms with Gasteiger partial charge in [0.05, 0.1) is 0 Å². The second-order valence-corrected chi connectivity index (χ2v) is 5.98. The van der Waals surface area contributed by atoms with Crippen molar-refractivity contribution in [1.82, 2.24) is 10.1 Å². The second-order valence-electron chi connectivity index (χ2n) is 5.42. The Bertz CT molecular complexity index is 602. The largest absolute Gasteiger partial charge is 0.339 e. The van der Waals surface area contributed by atoms with Gasteiger partial charge in [-0.15, -0.1) is 0 Å². The number of benzene rings is 1. The minimum atomic E-state index is -2.54. The summed E-state index contributed by atoms with van der Waals surface area (Å²) in [6.45, 7) is 0. The molecule has 0 radical (unpaired) electrons. The van der Waals surface area contributed by atoms with Gasteiger partial charge < -0.3 is 4.52 Å². The van der Waals surface area contributed by atoms with E-state index >= 15 is 0 Å². The molecule has 2 aromatic rings. The van der Waals surface area contributed by atoms with Crippen molar-refractivity contribution in [2.45, 2.75) is 42.9 Å². The van der Waals surface area contributed by atoms with Gasteiger partial charge in [-0.05, 0) is 18.4 Å². The molecule has 1 saturated carbocycles. The monoisotopic (exact) mass is 356 g/mol. The number of halogens is 3. The van der Waals surface area contributed by atoms with Crippen molar-refractivity contribution in [2.75, 3.05) is 0 Å². The van der Waals surface area contributed by atoms with Gasteiger partial charge in [-0.25, -0.2) is 8.78 Å². The molecular weight excluding hydrogens is 342 g/mol. The Hall–Kier alpha value is -1.30. The zero-order valence-corrected chi connectivity index (χ0v) is 12.9. The van der Waals surface area contributed by atoms with Crippen molar-refractivity contribution in [3.8, 4) is 11.4 Å². The summed E-state index contributed by atoms with van der Waals surface area (Å²) in [7, 11) is 0. The van der Waals surface area contributed by atoms with E-state index in [0.717, 1.165) is 16.5 Å². The molecule has 0 bridgehead atoms. The Labute approximate surface area is 129 Å². The highest BCUT2D eigenvalue weighted by Crippen LogP contribution is 2.40. The zero-order valence-electron chi connectivity index (χ0n) is 11.4. The molecule has 0 spiro atoms. The van der Waals surface area contributed by atoms with Crippen molar-refractivity contribution in [2.24, 2.45) is 0 Å². The number of aromatic nitrogens is 2. The smallest absolute Gasteiger partial charge is 0.248 e. The summed E-state index contributed by atoms with van der Waals surface area (Å²) in [5.74, 6) is -1.59. The van der Waals surface area contributed by atoms with E-state index in [4.69, 9.17) is 4.52 Å². The summed E-state index contributed by atoms with van der Waals surface area (Å²) in [6.07, 6.45) is 0.596. The highest BCUT2D eigenvalue weighted by molar-refractivity contribution is 9.08. The summed E-state index contributed by atoms with van der Waals surface area (Å²) in [6, 6.07) is 7.84. The molecule has 3 rings (SSSR count). The van der Waals surface area contributed by atoms with Crippen LogP contribution >= 0.6 is 15.9 Å². The molecule has 112 valence electrons. The van der Waals surface area contributed by atoms with E-state index in [1.165, 1.54) is 0 Å². The summed E-state index contributed by atoms with van der Waals surface area (Å²) < 4.78 is 31.6. The number of nitrogens with zero attached hydrogens (tertiary/aromatic N) is 2. The van der Waals surface area contributed by atoms with E-state index < -0.39 is 5.92 Å². The van der Waals surface area contributed by atoms with Crippen LogP contribution in [0.2, 0.25) is 0 Å². The molecule has 1 aliphatic rings. The maximum atomic E-state index is 13.2. The third-order valence-electron chi connectivity index (χ3n) is 3.87. The molecule has 1 aromatic heterocycles. The van der Waals surface area contributed by atoms with Crippen molar-refractivity contribution in [3.05, 3.63) is 35.7 Å². The fourth-order valence-electron chi connectivity index (χ4n) is 2.55. The molecule has 21 heavy (non-hydrogen) atoms. The first-order valence-electron chi connectivity index (χ1n) is 6.94. The lowest BCUT2D eigenvalue weighted by atomic mass is 9.87. The summed E-state index contributed by atoms with van der Waals surface area (Å²) >= 11 is 3.39. The molecule has 1 aromatic carbocycles. The quantitative estimate of drug-likeness (QED) is 0.732. The third-order valence-corrected chi connectivity index (χ3v) is 4.52. The van der Waals surface area contributed by atoms with Gasteiger partial charge in [-0.2, -0.15) is 4.98 Å². The molecule has 0 unspecified atom stereocenters. The van der Waals surface area contributed by atoms with Gasteiger partial charge in [0.2, 0.25) is 17.6 Å². The number of hydrogen-bond acceptors (Lipinski definition) is 3. The normalized spacial score (nSPS) is 18.8. The van der Waals surface area contributed by atoms with Crippen molar-refractivity contribution in [3.63, 3.8) is 0 Å². The molecule has 0 N–H and O–H groups in total. The SMILES string of the molecule is FC1(F)CCC(c2nc(-c3ccc(CBr)cc3)no2)CC1. The molecule has 0 saturated heterocycles. The first-order valence-corrected chi connectivity index (χ1v) is 8.06. The lowest BCUT2D eigenvalue weighted by Gasteiger charge is -2.25. The molecule has 0 amide bonds. The van der Waals surface area contributed by atoms with E-state index in [9.17, 15) is 8.78 Å². The zero-order chi connectivity index (χ0) is 14.9. The van der Waals surface area contributed by atoms with Crippen LogP contribution in [0.3, 0.4) is 0 Å². The Morgan fingerprint density at radius 2 is 1.86 bits per heavy atom. The van der Waals surface area contributed by atoms with Gasteiger partial charge in [0.15, 0.2) is 0 Å². The number of alkyl halides is 3.